The summed E-state index contributed by atoms with van der Waals surface area (Å²) in [6.07, 6.45) is 4.21. The van der Waals surface area contributed by atoms with Crippen LogP contribution >= 0.6 is 0 Å². The van der Waals surface area contributed by atoms with Gasteiger partial charge in [0.25, 0.3) is 0 Å². The lowest BCUT2D eigenvalue weighted by molar-refractivity contribution is 0.0768. The van der Waals surface area contributed by atoms with Crippen LogP contribution in [0.3, 0.4) is 0 Å². The highest BCUT2D eigenvalue weighted by Gasteiger charge is 2.13. The largest absolute Gasteiger partial charge is 0.381 e. The first-order valence-corrected chi connectivity index (χ1v) is 4.29. The van der Waals surface area contributed by atoms with Crippen LogP contribution in [0.5, 0.6) is 0 Å². The zero-order valence-electron chi connectivity index (χ0n) is 7.18. The molecule has 11 heavy (non-hydrogen) atoms. The topological polar surface area (TPSA) is 21.3 Å². The average molecular weight is 155 g/mol. The van der Waals surface area contributed by atoms with Crippen molar-refractivity contribution in [3.05, 3.63) is 12.7 Å². The summed E-state index contributed by atoms with van der Waals surface area (Å²) in [4.78, 5) is 0. The van der Waals surface area contributed by atoms with Gasteiger partial charge in [-0.15, -0.1) is 6.58 Å². The first-order valence-electron chi connectivity index (χ1n) is 4.29. The van der Waals surface area contributed by atoms with E-state index in [2.05, 4.69) is 18.8 Å². The lowest BCUT2D eigenvalue weighted by Gasteiger charge is -2.25. The van der Waals surface area contributed by atoms with Crippen molar-refractivity contribution >= 4 is 0 Å². The van der Waals surface area contributed by atoms with Crippen LogP contribution in [0.25, 0.3) is 0 Å². The van der Waals surface area contributed by atoms with Crippen molar-refractivity contribution in [1.82, 2.24) is 5.32 Å². The van der Waals surface area contributed by atoms with Crippen molar-refractivity contribution in [3.63, 3.8) is 0 Å². The molecule has 0 aromatic heterocycles. The summed E-state index contributed by atoms with van der Waals surface area (Å²) in [6.45, 7) is 7.67. The summed E-state index contributed by atoms with van der Waals surface area (Å²) in [5.41, 5.74) is 0. The second kappa shape index (κ2) is 4.52. The van der Waals surface area contributed by atoms with Crippen LogP contribution in [0.1, 0.15) is 19.8 Å². The fraction of sp³-hybridized carbons (Fsp3) is 0.778. The van der Waals surface area contributed by atoms with Crippen LogP contribution in [0.15, 0.2) is 12.7 Å². The van der Waals surface area contributed by atoms with Crippen molar-refractivity contribution in [1.29, 1.82) is 0 Å². The molecule has 1 unspecified atom stereocenters. The Kier molecular flexibility index (Phi) is 3.60. The Labute approximate surface area is 68.6 Å². The molecule has 0 saturated carbocycles. The summed E-state index contributed by atoms with van der Waals surface area (Å²) in [6, 6.07) is 1.06. The normalized spacial score (nSPS) is 23.0. The Morgan fingerprint density at radius 2 is 2.18 bits per heavy atom. The fourth-order valence-electron chi connectivity index (χ4n) is 1.30. The Hall–Kier alpha value is -0.340. The van der Waals surface area contributed by atoms with E-state index in [1.54, 1.807) is 0 Å². The maximum Gasteiger partial charge on any atom is 0.0480 e. The van der Waals surface area contributed by atoms with Gasteiger partial charge in [-0.1, -0.05) is 6.08 Å². The van der Waals surface area contributed by atoms with Crippen LogP contribution in [-0.2, 0) is 4.74 Å². The van der Waals surface area contributed by atoms with E-state index < -0.39 is 0 Å². The van der Waals surface area contributed by atoms with E-state index in [0.717, 1.165) is 26.1 Å². The van der Waals surface area contributed by atoms with E-state index >= 15 is 0 Å². The number of ether oxygens (including phenoxy) is 1. The third-order valence-electron chi connectivity index (χ3n) is 2.07. The van der Waals surface area contributed by atoms with Crippen LogP contribution < -0.4 is 5.32 Å². The zero-order chi connectivity index (χ0) is 8.10. The highest BCUT2D eigenvalue weighted by atomic mass is 16.5. The lowest BCUT2D eigenvalue weighted by atomic mass is 10.1. The Balaban J connectivity index is 2.18. The van der Waals surface area contributed by atoms with Crippen molar-refractivity contribution in [3.8, 4) is 0 Å². The minimum Gasteiger partial charge on any atom is -0.381 e. The van der Waals surface area contributed by atoms with Crippen molar-refractivity contribution in [2.75, 3.05) is 13.2 Å². The van der Waals surface area contributed by atoms with E-state index in [1.165, 1.54) is 0 Å². The van der Waals surface area contributed by atoms with Gasteiger partial charge < -0.3 is 10.1 Å². The third-order valence-corrected chi connectivity index (χ3v) is 2.07. The molecule has 1 rings (SSSR count). The van der Waals surface area contributed by atoms with E-state index in [0.29, 0.717) is 12.1 Å². The van der Waals surface area contributed by atoms with Crippen LogP contribution in [-0.4, -0.2) is 25.3 Å². The van der Waals surface area contributed by atoms with E-state index in [4.69, 9.17) is 4.74 Å². The zero-order valence-corrected chi connectivity index (χ0v) is 7.18. The van der Waals surface area contributed by atoms with Crippen LogP contribution in [0.4, 0.5) is 0 Å². The minimum atomic E-state index is 0.429. The molecule has 1 saturated heterocycles. The van der Waals surface area contributed by atoms with Crippen molar-refractivity contribution in [2.24, 2.45) is 0 Å². The number of hydrogen-bond acceptors (Lipinski definition) is 2. The maximum atomic E-state index is 5.25. The molecule has 1 aliphatic heterocycles. The SMILES string of the molecule is C=CC(C)NC1CCOCC1. The molecule has 2 nitrogen and oxygen atoms in total. The molecule has 64 valence electrons. The Morgan fingerprint density at radius 3 is 2.73 bits per heavy atom. The highest BCUT2D eigenvalue weighted by Crippen LogP contribution is 2.06. The molecule has 0 spiro atoms. The van der Waals surface area contributed by atoms with Crippen molar-refractivity contribution < 1.29 is 4.74 Å². The van der Waals surface area contributed by atoms with Gasteiger partial charge >= 0.3 is 0 Å². The summed E-state index contributed by atoms with van der Waals surface area (Å²) >= 11 is 0. The predicted octanol–water partition coefficient (Wildman–Crippen LogP) is 1.33. The van der Waals surface area contributed by atoms with E-state index in [1.807, 2.05) is 6.08 Å². The number of hydrogen-bond donors (Lipinski definition) is 1. The van der Waals surface area contributed by atoms with Gasteiger partial charge in [0.15, 0.2) is 0 Å². The number of rotatable bonds is 3. The fourth-order valence-corrected chi connectivity index (χ4v) is 1.30. The molecular formula is C9H17NO. The third kappa shape index (κ3) is 3.04. The van der Waals surface area contributed by atoms with Gasteiger partial charge in [-0.25, -0.2) is 0 Å². The molecule has 1 fully saturated rings. The summed E-state index contributed by atoms with van der Waals surface area (Å²) in [5, 5.41) is 3.47. The van der Waals surface area contributed by atoms with Gasteiger partial charge in [-0.05, 0) is 19.8 Å². The molecule has 0 bridgehead atoms. The van der Waals surface area contributed by atoms with Gasteiger partial charge in [0.1, 0.15) is 0 Å². The molecule has 1 N–H and O–H groups in total. The molecule has 1 atom stereocenters. The smallest absolute Gasteiger partial charge is 0.0480 e. The summed E-state index contributed by atoms with van der Waals surface area (Å²) in [7, 11) is 0. The van der Waals surface area contributed by atoms with Gasteiger partial charge in [0, 0.05) is 25.3 Å². The van der Waals surface area contributed by atoms with Gasteiger partial charge in [0.05, 0.1) is 0 Å². The molecule has 0 aromatic rings. The van der Waals surface area contributed by atoms with Crippen molar-refractivity contribution in [2.45, 2.75) is 31.8 Å². The maximum absolute atomic E-state index is 5.25. The van der Waals surface area contributed by atoms with Crippen LogP contribution in [0, 0.1) is 0 Å². The molecule has 2 heteroatoms. The minimum absolute atomic E-state index is 0.429. The average Bonchev–Trinajstić information content (AvgIpc) is 2.06. The highest BCUT2D eigenvalue weighted by molar-refractivity contribution is 4.85. The van der Waals surface area contributed by atoms with E-state index in [-0.39, 0.29) is 0 Å². The molecule has 1 heterocycles. The molecular weight excluding hydrogens is 138 g/mol. The Morgan fingerprint density at radius 1 is 1.55 bits per heavy atom. The first-order chi connectivity index (χ1) is 5.33. The predicted molar refractivity (Wildman–Crippen MR) is 46.6 cm³/mol. The molecule has 0 radical (unpaired) electrons. The first kappa shape index (κ1) is 8.75. The lowest BCUT2D eigenvalue weighted by Crippen LogP contribution is -2.39. The summed E-state index contributed by atoms with van der Waals surface area (Å²) in [5.74, 6) is 0. The number of nitrogens with one attached hydrogen (secondary N) is 1. The van der Waals surface area contributed by atoms with E-state index in [9.17, 15) is 0 Å². The standard InChI is InChI=1S/C9H17NO/c1-3-8(2)10-9-4-6-11-7-5-9/h3,8-10H,1,4-7H2,2H3. The molecule has 0 amide bonds. The molecule has 0 aliphatic carbocycles. The van der Waals surface area contributed by atoms with Crippen LogP contribution in [0.2, 0.25) is 0 Å². The second-order valence-electron chi connectivity index (χ2n) is 3.08. The molecule has 0 aromatic carbocycles. The quantitative estimate of drug-likeness (QED) is 0.621. The Bertz CT molecular complexity index is 119. The monoisotopic (exact) mass is 155 g/mol. The molecule has 1 aliphatic rings. The van der Waals surface area contributed by atoms with Gasteiger partial charge in [-0.2, -0.15) is 0 Å². The van der Waals surface area contributed by atoms with Gasteiger partial charge in [0.2, 0.25) is 0 Å². The second-order valence-corrected chi connectivity index (χ2v) is 3.08. The van der Waals surface area contributed by atoms with Gasteiger partial charge in [-0.3, -0.25) is 0 Å². The summed E-state index contributed by atoms with van der Waals surface area (Å²) < 4.78 is 5.25.